The van der Waals surface area contributed by atoms with Gasteiger partial charge in [-0.3, -0.25) is 10.1 Å². The van der Waals surface area contributed by atoms with E-state index < -0.39 is 10.5 Å². The number of nitro groups is 1. The number of aliphatic hydroxyl groups is 1. The third-order valence-corrected chi connectivity index (χ3v) is 3.95. The van der Waals surface area contributed by atoms with E-state index in [4.69, 9.17) is 0 Å². The van der Waals surface area contributed by atoms with Crippen LogP contribution in [0.15, 0.2) is 18.2 Å². The van der Waals surface area contributed by atoms with Crippen LogP contribution >= 0.6 is 22.6 Å². The van der Waals surface area contributed by atoms with Gasteiger partial charge in [0.2, 0.25) is 0 Å². The fourth-order valence-electron chi connectivity index (χ4n) is 1.78. The van der Waals surface area contributed by atoms with Crippen molar-refractivity contribution >= 4 is 34.0 Å². The summed E-state index contributed by atoms with van der Waals surface area (Å²) in [5, 5.41) is 23.7. The minimum absolute atomic E-state index is 0.0855. The third kappa shape index (κ3) is 2.86. The number of non-ortho nitro benzene ring substituents is 1. The minimum atomic E-state index is -0.592. The standard InChI is InChI=1S/C11H13IN2O3/c12-9-6-8(14(16)17)2-3-10(9)13-7-11(15)4-1-5-11/h2-3,6,13,15H,1,4-5,7H2. The first-order chi connectivity index (χ1) is 8.00. The van der Waals surface area contributed by atoms with Gasteiger partial charge in [0, 0.05) is 27.9 Å². The quantitative estimate of drug-likeness (QED) is 0.498. The average molecular weight is 348 g/mol. The maximum atomic E-state index is 10.6. The Morgan fingerprint density at radius 3 is 2.71 bits per heavy atom. The summed E-state index contributed by atoms with van der Waals surface area (Å²) in [5.74, 6) is 0. The number of rotatable bonds is 4. The molecule has 0 unspecified atom stereocenters. The lowest BCUT2D eigenvalue weighted by molar-refractivity contribution is -0.384. The molecular formula is C11H13IN2O3. The highest BCUT2D eigenvalue weighted by Gasteiger charge is 2.34. The molecule has 0 aliphatic heterocycles. The summed E-state index contributed by atoms with van der Waals surface area (Å²) in [6, 6.07) is 4.67. The maximum absolute atomic E-state index is 10.6. The van der Waals surface area contributed by atoms with Crippen molar-refractivity contribution in [3.63, 3.8) is 0 Å². The molecule has 1 aromatic rings. The van der Waals surface area contributed by atoms with E-state index in [1.54, 1.807) is 6.07 Å². The minimum Gasteiger partial charge on any atom is -0.388 e. The van der Waals surface area contributed by atoms with Gasteiger partial charge in [-0.25, -0.2) is 0 Å². The molecule has 6 heteroatoms. The van der Waals surface area contributed by atoms with Crippen molar-refractivity contribution in [3.05, 3.63) is 31.9 Å². The van der Waals surface area contributed by atoms with Gasteiger partial charge in [0.05, 0.1) is 10.5 Å². The number of anilines is 1. The molecule has 0 saturated heterocycles. The number of hydrogen-bond donors (Lipinski definition) is 2. The van der Waals surface area contributed by atoms with Gasteiger partial charge in [0.25, 0.3) is 5.69 Å². The zero-order valence-electron chi connectivity index (χ0n) is 9.15. The molecule has 0 aromatic heterocycles. The van der Waals surface area contributed by atoms with E-state index in [0.717, 1.165) is 28.5 Å². The van der Waals surface area contributed by atoms with Crippen LogP contribution in [0.3, 0.4) is 0 Å². The van der Waals surface area contributed by atoms with Crippen LogP contribution in [-0.2, 0) is 0 Å². The van der Waals surface area contributed by atoms with Gasteiger partial charge in [0.15, 0.2) is 0 Å². The number of hydrogen-bond acceptors (Lipinski definition) is 4. The van der Waals surface area contributed by atoms with Gasteiger partial charge in [-0.2, -0.15) is 0 Å². The van der Waals surface area contributed by atoms with Crippen LogP contribution in [0.2, 0.25) is 0 Å². The topological polar surface area (TPSA) is 75.4 Å². The molecule has 0 atom stereocenters. The van der Waals surface area contributed by atoms with E-state index in [1.165, 1.54) is 12.1 Å². The number of halogens is 1. The second-order valence-electron chi connectivity index (χ2n) is 4.35. The zero-order chi connectivity index (χ0) is 12.5. The molecule has 2 rings (SSSR count). The fraction of sp³-hybridized carbons (Fsp3) is 0.455. The molecule has 1 aliphatic rings. The Bertz CT molecular complexity index is 446. The third-order valence-electron chi connectivity index (χ3n) is 3.06. The van der Waals surface area contributed by atoms with Crippen LogP contribution in [0, 0.1) is 13.7 Å². The molecule has 0 radical (unpaired) electrons. The average Bonchev–Trinajstić information content (AvgIpc) is 2.24. The van der Waals surface area contributed by atoms with Crippen molar-refractivity contribution in [3.8, 4) is 0 Å². The van der Waals surface area contributed by atoms with Crippen LogP contribution < -0.4 is 5.32 Å². The van der Waals surface area contributed by atoms with Gasteiger partial charge in [-0.05, 0) is 47.9 Å². The van der Waals surface area contributed by atoms with Crippen molar-refractivity contribution in [2.75, 3.05) is 11.9 Å². The lowest BCUT2D eigenvalue weighted by atomic mass is 9.80. The largest absolute Gasteiger partial charge is 0.388 e. The molecule has 0 amide bonds. The maximum Gasteiger partial charge on any atom is 0.270 e. The Kier molecular flexibility index (Phi) is 3.53. The van der Waals surface area contributed by atoms with Crippen LogP contribution in [0.4, 0.5) is 11.4 Å². The van der Waals surface area contributed by atoms with Crippen molar-refractivity contribution in [1.82, 2.24) is 0 Å². The number of nitrogens with one attached hydrogen (secondary N) is 1. The lowest BCUT2D eigenvalue weighted by Crippen LogP contribution is -2.43. The summed E-state index contributed by atoms with van der Waals surface area (Å²) >= 11 is 2.05. The van der Waals surface area contributed by atoms with E-state index in [1.807, 2.05) is 0 Å². The zero-order valence-corrected chi connectivity index (χ0v) is 11.3. The number of nitrogens with zero attached hydrogens (tertiary/aromatic N) is 1. The summed E-state index contributed by atoms with van der Waals surface area (Å²) < 4.78 is 0.791. The summed E-state index contributed by atoms with van der Waals surface area (Å²) in [6.45, 7) is 0.501. The SMILES string of the molecule is O=[N+]([O-])c1ccc(NCC2(O)CCC2)c(I)c1. The first kappa shape index (κ1) is 12.6. The first-order valence-electron chi connectivity index (χ1n) is 5.40. The number of benzene rings is 1. The van der Waals surface area contributed by atoms with E-state index in [9.17, 15) is 15.2 Å². The van der Waals surface area contributed by atoms with Gasteiger partial charge >= 0.3 is 0 Å². The van der Waals surface area contributed by atoms with Crippen molar-refractivity contribution in [2.45, 2.75) is 24.9 Å². The molecule has 5 nitrogen and oxygen atoms in total. The monoisotopic (exact) mass is 348 g/mol. The fourth-order valence-corrected chi connectivity index (χ4v) is 2.47. The predicted molar refractivity (Wildman–Crippen MR) is 73.1 cm³/mol. The van der Waals surface area contributed by atoms with Gasteiger partial charge < -0.3 is 10.4 Å². The Morgan fingerprint density at radius 1 is 1.53 bits per heavy atom. The van der Waals surface area contributed by atoms with Crippen molar-refractivity contribution < 1.29 is 10.0 Å². The highest BCUT2D eigenvalue weighted by atomic mass is 127. The van der Waals surface area contributed by atoms with Gasteiger partial charge in [0.1, 0.15) is 0 Å². The highest BCUT2D eigenvalue weighted by Crippen LogP contribution is 2.32. The van der Waals surface area contributed by atoms with E-state index in [-0.39, 0.29) is 5.69 Å². The highest BCUT2D eigenvalue weighted by molar-refractivity contribution is 14.1. The van der Waals surface area contributed by atoms with Crippen LogP contribution in [-0.4, -0.2) is 22.2 Å². The molecule has 2 N–H and O–H groups in total. The Hall–Kier alpha value is -0.890. The molecule has 1 aromatic carbocycles. The first-order valence-corrected chi connectivity index (χ1v) is 6.48. The molecule has 17 heavy (non-hydrogen) atoms. The Labute approximate surface area is 113 Å². The number of nitro benzene ring substituents is 1. The molecule has 1 aliphatic carbocycles. The van der Waals surface area contributed by atoms with Gasteiger partial charge in [-0.15, -0.1) is 0 Å². The van der Waals surface area contributed by atoms with Crippen LogP contribution in [0.5, 0.6) is 0 Å². The van der Waals surface area contributed by atoms with Gasteiger partial charge in [-0.1, -0.05) is 0 Å². The smallest absolute Gasteiger partial charge is 0.270 e. The summed E-state index contributed by atoms with van der Waals surface area (Å²) in [6.07, 6.45) is 2.71. The van der Waals surface area contributed by atoms with Crippen molar-refractivity contribution in [2.24, 2.45) is 0 Å². The molecular weight excluding hydrogens is 335 g/mol. The molecule has 92 valence electrons. The molecule has 0 bridgehead atoms. The molecule has 1 saturated carbocycles. The van der Waals surface area contributed by atoms with Crippen LogP contribution in [0.1, 0.15) is 19.3 Å². The normalized spacial score (nSPS) is 17.3. The summed E-state index contributed by atoms with van der Waals surface area (Å²) in [5.41, 5.74) is 0.323. The summed E-state index contributed by atoms with van der Waals surface area (Å²) in [7, 11) is 0. The molecule has 1 fully saturated rings. The Balaban J connectivity index is 2.03. The van der Waals surface area contributed by atoms with Crippen molar-refractivity contribution in [1.29, 1.82) is 0 Å². The molecule has 0 spiro atoms. The summed E-state index contributed by atoms with van der Waals surface area (Å²) in [4.78, 5) is 10.2. The van der Waals surface area contributed by atoms with E-state index in [2.05, 4.69) is 27.9 Å². The second kappa shape index (κ2) is 4.77. The second-order valence-corrected chi connectivity index (χ2v) is 5.51. The Morgan fingerprint density at radius 2 is 2.24 bits per heavy atom. The lowest BCUT2D eigenvalue weighted by Gasteiger charge is -2.37. The van der Waals surface area contributed by atoms with E-state index >= 15 is 0 Å². The van der Waals surface area contributed by atoms with Crippen LogP contribution in [0.25, 0.3) is 0 Å². The van der Waals surface area contributed by atoms with E-state index in [0.29, 0.717) is 6.54 Å². The predicted octanol–water partition coefficient (Wildman–Crippen LogP) is 2.53. The molecule has 0 heterocycles.